The number of aromatic nitrogens is 4. The minimum absolute atomic E-state index is 0.366. The van der Waals surface area contributed by atoms with Gasteiger partial charge in [0.1, 0.15) is 12.1 Å². The first-order chi connectivity index (χ1) is 12.3. The summed E-state index contributed by atoms with van der Waals surface area (Å²) in [5.74, 6) is 2.99. The maximum Gasteiger partial charge on any atom is 0.226 e. The number of halogens is 1. The Hall–Kier alpha value is -2.02. The Morgan fingerprint density at radius 3 is 2.88 bits per heavy atom. The van der Waals surface area contributed by atoms with Crippen LogP contribution in [0.25, 0.3) is 10.9 Å². The van der Waals surface area contributed by atoms with Crippen molar-refractivity contribution in [2.75, 3.05) is 18.0 Å². The largest absolute Gasteiger partial charge is 0.356 e. The maximum absolute atomic E-state index is 5.34. The molecule has 25 heavy (non-hydrogen) atoms. The van der Waals surface area contributed by atoms with Gasteiger partial charge in [-0.2, -0.15) is 4.98 Å². The van der Waals surface area contributed by atoms with Crippen LogP contribution in [0.3, 0.4) is 0 Å². The maximum atomic E-state index is 5.34. The van der Waals surface area contributed by atoms with Crippen molar-refractivity contribution in [1.29, 1.82) is 0 Å². The number of benzene rings is 1. The van der Waals surface area contributed by atoms with Crippen molar-refractivity contribution in [2.24, 2.45) is 0 Å². The molecule has 130 valence electrons. The first kappa shape index (κ1) is 16.4. The van der Waals surface area contributed by atoms with Gasteiger partial charge in [0.25, 0.3) is 0 Å². The standard InChI is InChI=1S/C18H20BrN5O/c1-2-4-15-22-17(23-25-15)12-7-9-24(10-8-12)18-13-5-3-6-14(19)16(13)20-11-21-18/h3,5-6,11-12H,2,4,7-10H2,1H3. The molecule has 0 N–H and O–H groups in total. The molecule has 1 aliphatic rings. The monoisotopic (exact) mass is 401 g/mol. The van der Waals surface area contributed by atoms with Crippen molar-refractivity contribution in [3.63, 3.8) is 0 Å². The molecule has 1 aromatic carbocycles. The summed E-state index contributed by atoms with van der Waals surface area (Å²) in [6.07, 6.45) is 5.53. The van der Waals surface area contributed by atoms with Crippen LogP contribution in [0.2, 0.25) is 0 Å². The zero-order valence-electron chi connectivity index (χ0n) is 14.2. The Labute approximate surface area is 154 Å². The molecule has 0 atom stereocenters. The van der Waals surface area contributed by atoms with Crippen LogP contribution in [-0.2, 0) is 6.42 Å². The Kier molecular flexibility index (Phi) is 4.65. The summed E-state index contributed by atoms with van der Waals surface area (Å²) in [5.41, 5.74) is 0.956. The fourth-order valence-electron chi connectivity index (χ4n) is 3.39. The smallest absolute Gasteiger partial charge is 0.226 e. The third-order valence-corrected chi connectivity index (χ3v) is 5.34. The van der Waals surface area contributed by atoms with Crippen LogP contribution in [0.4, 0.5) is 5.82 Å². The molecule has 0 amide bonds. The van der Waals surface area contributed by atoms with Gasteiger partial charge in [-0.1, -0.05) is 18.1 Å². The molecular formula is C18H20BrN5O. The van der Waals surface area contributed by atoms with E-state index in [9.17, 15) is 0 Å². The second kappa shape index (κ2) is 7.07. The van der Waals surface area contributed by atoms with Crippen LogP contribution >= 0.6 is 15.9 Å². The van der Waals surface area contributed by atoms with Crippen molar-refractivity contribution in [3.05, 3.63) is 40.7 Å². The molecule has 6 nitrogen and oxygen atoms in total. The summed E-state index contributed by atoms with van der Waals surface area (Å²) in [6.45, 7) is 3.98. The van der Waals surface area contributed by atoms with Crippen LogP contribution in [0, 0.1) is 0 Å². The van der Waals surface area contributed by atoms with Crippen molar-refractivity contribution < 1.29 is 4.52 Å². The molecule has 7 heteroatoms. The van der Waals surface area contributed by atoms with E-state index >= 15 is 0 Å². The van der Waals surface area contributed by atoms with Gasteiger partial charge < -0.3 is 9.42 Å². The third kappa shape index (κ3) is 3.25. The quantitative estimate of drug-likeness (QED) is 0.654. The van der Waals surface area contributed by atoms with Gasteiger partial charge in [0, 0.05) is 35.3 Å². The lowest BCUT2D eigenvalue weighted by molar-refractivity contribution is 0.363. The molecule has 0 radical (unpaired) electrons. The van der Waals surface area contributed by atoms with E-state index in [0.717, 1.165) is 71.7 Å². The third-order valence-electron chi connectivity index (χ3n) is 4.70. The second-order valence-corrected chi connectivity index (χ2v) is 7.25. The molecular weight excluding hydrogens is 382 g/mol. The average molecular weight is 402 g/mol. The lowest BCUT2D eigenvalue weighted by Crippen LogP contribution is -2.34. The second-order valence-electron chi connectivity index (χ2n) is 6.39. The Morgan fingerprint density at radius 2 is 2.08 bits per heavy atom. The van der Waals surface area contributed by atoms with Gasteiger partial charge in [0.05, 0.1) is 5.52 Å². The molecule has 0 bridgehead atoms. The summed E-state index contributed by atoms with van der Waals surface area (Å²) in [7, 11) is 0. The fourth-order valence-corrected chi connectivity index (χ4v) is 3.86. The number of fused-ring (bicyclic) bond motifs is 1. The van der Waals surface area contributed by atoms with Crippen molar-refractivity contribution in [2.45, 2.75) is 38.5 Å². The number of para-hydroxylation sites is 1. The van der Waals surface area contributed by atoms with E-state index in [0.29, 0.717) is 5.92 Å². The van der Waals surface area contributed by atoms with Crippen molar-refractivity contribution in [3.8, 4) is 0 Å². The predicted octanol–water partition coefficient (Wildman–Crippen LogP) is 4.11. The number of piperidine rings is 1. The molecule has 3 heterocycles. The molecule has 1 fully saturated rings. The van der Waals surface area contributed by atoms with Gasteiger partial charge in [-0.15, -0.1) is 0 Å². The van der Waals surface area contributed by atoms with Gasteiger partial charge >= 0.3 is 0 Å². The van der Waals surface area contributed by atoms with Crippen LogP contribution in [0.15, 0.2) is 33.5 Å². The SMILES string of the molecule is CCCc1nc(C2CCN(c3ncnc4c(Br)cccc34)CC2)no1. The highest BCUT2D eigenvalue weighted by Gasteiger charge is 2.26. The highest BCUT2D eigenvalue weighted by molar-refractivity contribution is 9.10. The Morgan fingerprint density at radius 1 is 1.24 bits per heavy atom. The summed E-state index contributed by atoms with van der Waals surface area (Å²) < 4.78 is 6.34. The van der Waals surface area contributed by atoms with Crippen molar-refractivity contribution >= 4 is 32.7 Å². The van der Waals surface area contributed by atoms with E-state index in [1.54, 1.807) is 6.33 Å². The first-order valence-corrected chi connectivity index (χ1v) is 9.52. The predicted molar refractivity (Wildman–Crippen MR) is 99.7 cm³/mol. The highest BCUT2D eigenvalue weighted by atomic mass is 79.9. The minimum Gasteiger partial charge on any atom is -0.356 e. The van der Waals surface area contributed by atoms with Gasteiger partial charge in [-0.05, 0) is 47.3 Å². The number of nitrogens with zero attached hydrogens (tertiary/aromatic N) is 5. The normalized spacial score (nSPS) is 15.8. The van der Waals surface area contributed by atoms with E-state index in [-0.39, 0.29) is 0 Å². The molecule has 0 unspecified atom stereocenters. The zero-order chi connectivity index (χ0) is 17.2. The molecule has 1 aliphatic heterocycles. The number of aryl methyl sites for hydroxylation is 1. The Bertz CT molecular complexity index is 873. The molecule has 3 aromatic rings. The lowest BCUT2D eigenvalue weighted by atomic mass is 9.96. The van der Waals surface area contributed by atoms with E-state index in [2.05, 4.69) is 53.9 Å². The van der Waals surface area contributed by atoms with E-state index in [1.807, 2.05) is 12.1 Å². The molecule has 0 spiro atoms. The number of hydrogen-bond donors (Lipinski definition) is 0. The summed E-state index contributed by atoms with van der Waals surface area (Å²) >= 11 is 3.57. The van der Waals surface area contributed by atoms with Crippen LogP contribution < -0.4 is 4.90 Å². The number of anilines is 1. The van der Waals surface area contributed by atoms with Gasteiger partial charge in [-0.25, -0.2) is 9.97 Å². The molecule has 2 aromatic heterocycles. The topological polar surface area (TPSA) is 67.9 Å². The van der Waals surface area contributed by atoms with Gasteiger partial charge in [-0.3, -0.25) is 0 Å². The number of hydrogen-bond acceptors (Lipinski definition) is 6. The number of rotatable bonds is 4. The van der Waals surface area contributed by atoms with Crippen LogP contribution in [0.1, 0.15) is 43.8 Å². The average Bonchev–Trinajstić information content (AvgIpc) is 3.11. The van der Waals surface area contributed by atoms with Crippen molar-refractivity contribution in [1.82, 2.24) is 20.1 Å². The molecule has 0 aliphatic carbocycles. The highest BCUT2D eigenvalue weighted by Crippen LogP contribution is 2.32. The van der Waals surface area contributed by atoms with Gasteiger partial charge in [0.2, 0.25) is 5.89 Å². The fraction of sp³-hybridized carbons (Fsp3) is 0.444. The van der Waals surface area contributed by atoms with Crippen LogP contribution in [0.5, 0.6) is 0 Å². The minimum atomic E-state index is 0.366. The van der Waals surface area contributed by atoms with E-state index in [1.165, 1.54) is 0 Å². The Balaban J connectivity index is 1.51. The van der Waals surface area contributed by atoms with Crippen LogP contribution in [-0.4, -0.2) is 33.2 Å². The molecule has 0 saturated carbocycles. The molecule has 4 rings (SSSR count). The van der Waals surface area contributed by atoms with E-state index < -0.39 is 0 Å². The zero-order valence-corrected chi connectivity index (χ0v) is 15.7. The van der Waals surface area contributed by atoms with Gasteiger partial charge in [0.15, 0.2) is 5.82 Å². The van der Waals surface area contributed by atoms with E-state index in [4.69, 9.17) is 4.52 Å². The summed E-state index contributed by atoms with van der Waals surface area (Å²) in [6, 6.07) is 6.12. The first-order valence-electron chi connectivity index (χ1n) is 8.73. The summed E-state index contributed by atoms with van der Waals surface area (Å²) in [4.78, 5) is 15.8. The lowest BCUT2D eigenvalue weighted by Gasteiger charge is -2.32. The summed E-state index contributed by atoms with van der Waals surface area (Å²) in [5, 5.41) is 5.26. The molecule has 1 saturated heterocycles.